The maximum Gasteiger partial charge on any atom is 0.306 e. The lowest BCUT2D eigenvalue weighted by atomic mass is 9.93. The van der Waals surface area contributed by atoms with E-state index >= 15 is 0 Å². The molecule has 1 aliphatic rings. The lowest BCUT2D eigenvalue weighted by Gasteiger charge is -2.38. The maximum absolute atomic E-state index is 12.3. The minimum absolute atomic E-state index is 0.0199. The van der Waals surface area contributed by atoms with E-state index in [1.165, 1.54) is 0 Å². The van der Waals surface area contributed by atoms with Crippen LogP contribution in [0.4, 0.5) is 0 Å². The highest BCUT2D eigenvalue weighted by atomic mass is 16.5. The average Bonchev–Trinajstić information content (AvgIpc) is 2.81. The number of carbonyl (C=O) groups excluding carboxylic acids is 2. The minimum Gasteiger partial charge on any atom is -0.461 e. The van der Waals surface area contributed by atoms with Gasteiger partial charge in [-0.25, -0.2) is 0 Å². The van der Waals surface area contributed by atoms with Crippen molar-refractivity contribution in [3.63, 3.8) is 0 Å². The number of piperidine rings is 1. The summed E-state index contributed by atoms with van der Waals surface area (Å²) in [6.07, 6.45) is 7.04. The van der Waals surface area contributed by atoms with Gasteiger partial charge in [-0.3, -0.25) is 9.59 Å². The van der Waals surface area contributed by atoms with E-state index < -0.39 is 18.1 Å². The van der Waals surface area contributed by atoms with Gasteiger partial charge in [-0.05, 0) is 18.4 Å². The zero-order chi connectivity index (χ0) is 23.2. The molecule has 3 N–H and O–H groups in total. The Hall–Kier alpha value is -1.96. The van der Waals surface area contributed by atoms with E-state index in [2.05, 4.69) is 0 Å². The van der Waals surface area contributed by atoms with Crippen molar-refractivity contribution in [2.45, 2.75) is 83.0 Å². The molecular weight excluding hydrogens is 410 g/mol. The maximum atomic E-state index is 12.3. The Morgan fingerprint density at radius 2 is 1.47 bits per heavy atom. The summed E-state index contributed by atoms with van der Waals surface area (Å²) in [6, 6.07) is 9.69. The average molecular weight is 450 g/mol. The number of likely N-dealkylation sites (tertiary alicyclic amines) is 1. The van der Waals surface area contributed by atoms with Gasteiger partial charge in [0.2, 0.25) is 5.91 Å². The van der Waals surface area contributed by atoms with Crippen LogP contribution in [-0.2, 0) is 20.9 Å². The number of β-amino-alcohol motifs (C(OH)–C–C–N with tert-alkyl or cyclic N) is 1. The summed E-state index contributed by atoms with van der Waals surface area (Å²) in [4.78, 5) is 25.6. The number of hydrogen-bond acceptors (Lipinski definition) is 6. The number of carbonyl (C=O) groups is 2. The number of ether oxygens (including phenoxy) is 1. The molecule has 32 heavy (non-hydrogen) atoms. The van der Waals surface area contributed by atoms with Gasteiger partial charge in [0, 0.05) is 31.8 Å². The topological polar surface area (TPSA) is 107 Å². The zero-order valence-corrected chi connectivity index (χ0v) is 19.0. The highest BCUT2D eigenvalue weighted by Gasteiger charge is 2.35. The third-order valence-electron chi connectivity index (χ3n) is 6.09. The second kappa shape index (κ2) is 15.0. The molecule has 1 saturated heterocycles. The van der Waals surface area contributed by atoms with Crippen LogP contribution < -0.4 is 0 Å². The summed E-state index contributed by atoms with van der Waals surface area (Å²) < 4.78 is 5.28. The first-order valence-electron chi connectivity index (χ1n) is 12.0. The van der Waals surface area contributed by atoms with E-state index in [4.69, 9.17) is 4.74 Å². The van der Waals surface area contributed by atoms with Crippen molar-refractivity contribution in [3.8, 4) is 0 Å². The Bertz CT molecular complexity index is 668. The van der Waals surface area contributed by atoms with Crippen LogP contribution >= 0.6 is 0 Å². The summed E-state index contributed by atoms with van der Waals surface area (Å²) in [5.41, 5.74) is 1.00. The third-order valence-corrected chi connectivity index (χ3v) is 6.09. The van der Waals surface area contributed by atoms with Gasteiger partial charge in [-0.15, -0.1) is 0 Å². The Labute approximate surface area is 191 Å². The van der Waals surface area contributed by atoms with Crippen LogP contribution in [-0.4, -0.2) is 64.0 Å². The van der Waals surface area contributed by atoms with Gasteiger partial charge >= 0.3 is 5.97 Å². The summed E-state index contributed by atoms with van der Waals surface area (Å²) in [5, 5.41) is 29.0. The quantitative estimate of drug-likeness (QED) is 0.298. The van der Waals surface area contributed by atoms with Crippen LogP contribution in [0.1, 0.15) is 69.8 Å². The number of unbranched alkanes of at least 4 members (excludes halogenated alkanes) is 7. The predicted octanol–water partition coefficient (Wildman–Crippen LogP) is 2.80. The molecule has 1 aromatic carbocycles. The number of amides is 1. The second-order valence-corrected chi connectivity index (χ2v) is 8.77. The highest BCUT2D eigenvalue weighted by molar-refractivity contribution is 5.76. The van der Waals surface area contributed by atoms with E-state index in [9.17, 15) is 24.9 Å². The molecule has 2 rings (SSSR count). The number of rotatable bonds is 14. The van der Waals surface area contributed by atoms with Crippen LogP contribution in [0.15, 0.2) is 30.3 Å². The molecule has 0 radical (unpaired) electrons. The fourth-order valence-electron chi connectivity index (χ4n) is 4.06. The fraction of sp³-hybridized carbons (Fsp3) is 0.680. The van der Waals surface area contributed by atoms with Gasteiger partial charge in [-0.1, -0.05) is 68.9 Å². The molecule has 0 unspecified atom stereocenters. The van der Waals surface area contributed by atoms with Gasteiger partial charge in [0.1, 0.15) is 6.61 Å². The van der Waals surface area contributed by atoms with Crippen LogP contribution in [0.2, 0.25) is 0 Å². The first kappa shape index (κ1) is 26.3. The van der Waals surface area contributed by atoms with Crippen molar-refractivity contribution < 1.29 is 29.6 Å². The van der Waals surface area contributed by atoms with E-state index in [0.29, 0.717) is 26.0 Å². The van der Waals surface area contributed by atoms with Crippen molar-refractivity contribution in [2.75, 3.05) is 19.7 Å². The molecule has 0 aromatic heterocycles. The monoisotopic (exact) mass is 449 g/mol. The van der Waals surface area contributed by atoms with Crippen molar-refractivity contribution in [2.24, 2.45) is 5.92 Å². The summed E-state index contributed by atoms with van der Waals surface area (Å²) in [7, 11) is 0. The number of esters is 1. The van der Waals surface area contributed by atoms with E-state index in [1.54, 1.807) is 4.90 Å². The van der Waals surface area contributed by atoms with Crippen LogP contribution in [0, 0.1) is 5.92 Å². The smallest absolute Gasteiger partial charge is 0.306 e. The molecule has 0 bridgehead atoms. The molecule has 0 aliphatic carbocycles. The molecule has 7 nitrogen and oxygen atoms in total. The second-order valence-electron chi connectivity index (χ2n) is 8.77. The Morgan fingerprint density at radius 1 is 0.875 bits per heavy atom. The first-order valence-corrected chi connectivity index (χ1v) is 12.0. The molecule has 1 aromatic rings. The molecular formula is C25H39NO6. The van der Waals surface area contributed by atoms with E-state index in [-0.39, 0.29) is 25.0 Å². The summed E-state index contributed by atoms with van der Waals surface area (Å²) in [5.74, 6) is -0.637. The highest BCUT2D eigenvalue weighted by Crippen LogP contribution is 2.19. The lowest BCUT2D eigenvalue weighted by Crippen LogP contribution is -2.55. The standard InChI is InChI=1S/C25H39NO6/c27-18-21-16-26(17-22(28)25(21)31)23(29)14-10-5-3-1-2-4-6-11-15-24(30)32-19-20-12-8-7-9-13-20/h7-9,12-13,21-22,25,27-28,31H,1-6,10-11,14-19H2/t21-,22-,25-/m1/s1. The van der Waals surface area contributed by atoms with Gasteiger partial charge in [-0.2, -0.15) is 0 Å². The van der Waals surface area contributed by atoms with Crippen molar-refractivity contribution >= 4 is 11.9 Å². The van der Waals surface area contributed by atoms with Gasteiger partial charge in [0.25, 0.3) is 0 Å². The molecule has 1 heterocycles. The number of aliphatic hydroxyl groups excluding tert-OH is 3. The third kappa shape index (κ3) is 9.67. The number of hydrogen-bond donors (Lipinski definition) is 3. The fourth-order valence-corrected chi connectivity index (χ4v) is 4.06. The van der Waals surface area contributed by atoms with Crippen LogP contribution in [0.25, 0.3) is 0 Å². The number of benzene rings is 1. The van der Waals surface area contributed by atoms with Crippen molar-refractivity contribution in [1.82, 2.24) is 4.90 Å². The summed E-state index contributed by atoms with van der Waals surface area (Å²) >= 11 is 0. The Balaban J connectivity index is 1.41. The Morgan fingerprint density at radius 3 is 2.09 bits per heavy atom. The molecule has 1 amide bonds. The van der Waals surface area contributed by atoms with Gasteiger partial charge in [0.05, 0.1) is 18.8 Å². The van der Waals surface area contributed by atoms with E-state index in [1.807, 2.05) is 30.3 Å². The van der Waals surface area contributed by atoms with Gasteiger partial charge in [0.15, 0.2) is 0 Å². The molecule has 1 aliphatic heterocycles. The normalized spacial score (nSPS) is 20.8. The number of nitrogens with zero attached hydrogens (tertiary/aromatic N) is 1. The number of aliphatic hydroxyl groups is 3. The molecule has 7 heteroatoms. The SMILES string of the molecule is O=C(CCCCCCCCCCC(=O)N1C[C@H](CO)[C@@H](O)[C@H](O)C1)OCc1ccccc1. The van der Waals surface area contributed by atoms with Crippen LogP contribution in [0.5, 0.6) is 0 Å². The minimum atomic E-state index is -0.990. The largest absolute Gasteiger partial charge is 0.461 e. The lowest BCUT2D eigenvalue weighted by molar-refractivity contribution is -0.145. The van der Waals surface area contributed by atoms with Crippen molar-refractivity contribution in [1.29, 1.82) is 0 Å². The molecule has 1 fully saturated rings. The summed E-state index contributed by atoms with van der Waals surface area (Å²) in [6.45, 7) is 0.533. The molecule has 0 spiro atoms. The zero-order valence-electron chi connectivity index (χ0n) is 19.0. The van der Waals surface area contributed by atoms with Crippen LogP contribution in [0.3, 0.4) is 0 Å². The molecule has 3 atom stereocenters. The Kier molecular flexibility index (Phi) is 12.3. The molecule has 180 valence electrons. The molecule has 0 saturated carbocycles. The van der Waals surface area contributed by atoms with E-state index in [0.717, 1.165) is 56.9 Å². The van der Waals surface area contributed by atoms with Crippen molar-refractivity contribution in [3.05, 3.63) is 35.9 Å². The van der Waals surface area contributed by atoms with Gasteiger partial charge < -0.3 is 25.0 Å². The first-order chi connectivity index (χ1) is 15.5. The predicted molar refractivity (Wildman–Crippen MR) is 122 cm³/mol.